The molecule has 9 heteroatoms. The van der Waals surface area contributed by atoms with Crippen LogP contribution in [0.4, 0.5) is 10.1 Å². The van der Waals surface area contributed by atoms with Crippen LogP contribution in [0, 0.1) is 17.1 Å². The Kier molecular flexibility index (Phi) is 6.23. The van der Waals surface area contributed by atoms with Gasteiger partial charge in [-0.2, -0.15) is 0 Å². The monoisotopic (exact) mass is 404 g/mol. The molecule has 2 aromatic heterocycles. The number of anilines is 1. The minimum atomic E-state index is -0.596. The number of nitrogens with zero attached hydrogens (tertiary/aromatic N) is 3. The number of H-pyrrole nitrogens is 1. The van der Waals surface area contributed by atoms with E-state index in [4.69, 9.17) is 17.0 Å². The van der Waals surface area contributed by atoms with E-state index in [0.29, 0.717) is 34.1 Å². The summed E-state index contributed by atoms with van der Waals surface area (Å²) in [6.45, 7) is 5.98. The number of aromatic amines is 1. The molecule has 3 rings (SSSR count). The maximum absolute atomic E-state index is 13.4. The fraction of sp³-hybridized carbons (Fsp3) is 0.316. The van der Waals surface area contributed by atoms with Gasteiger partial charge in [-0.3, -0.25) is 10.6 Å². The zero-order valence-corrected chi connectivity index (χ0v) is 16.4. The fourth-order valence-electron chi connectivity index (χ4n) is 2.73. The Morgan fingerprint density at radius 2 is 2.18 bits per heavy atom. The molecule has 0 bridgehead atoms. The van der Waals surface area contributed by atoms with Gasteiger partial charge in [-0.15, -0.1) is 0 Å². The van der Waals surface area contributed by atoms with Gasteiger partial charge >= 0.3 is 0 Å². The average Bonchev–Trinajstić information content (AvgIpc) is 3.09. The SMILES string of the molecule is CC(C)CNCCc1nc2nccc(C(=N)N(O)c3ccc(F)c(Cl)c3)c2[nH]1. The van der Waals surface area contributed by atoms with E-state index in [1.165, 1.54) is 18.3 Å². The molecule has 1 aromatic carbocycles. The molecule has 0 saturated carbocycles. The summed E-state index contributed by atoms with van der Waals surface area (Å²) in [4.78, 5) is 11.9. The van der Waals surface area contributed by atoms with E-state index in [1.54, 1.807) is 6.07 Å². The maximum Gasteiger partial charge on any atom is 0.178 e. The van der Waals surface area contributed by atoms with Crippen LogP contribution in [0.25, 0.3) is 11.2 Å². The second-order valence-electron chi connectivity index (χ2n) is 6.85. The summed E-state index contributed by atoms with van der Waals surface area (Å²) >= 11 is 5.77. The van der Waals surface area contributed by atoms with E-state index >= 15 is 0 Å². The molecule has 148 valence electrons. The van der Waals surface area contributed by atoms with Crippen molar-refractivity contribution in [2.75, 3.05) is 18.2 Å². The molecular weight excluding hydrogens is 383 g/mol. The maximum atomic E-state index is 13.4. The predicted octanol–water partition coefficient (Wildman–Crippen LogP) is 3.76. The summed E-state index contributed by atoms with van der Waals surface area (Å²) in [5, 5.41) is 22.6. The Morgan fingerprint density at radius 3 is 2.89 bits per heavy atom. The minimum absolute atomic E-state index is 0.137. The normalized spacial score (nSPS) is 11.4. The van der Waals surface area contributed by atoms with E-state index < -0.39 is 5.82 Å². The fourth-order valence-corrected chi connectivity index (χ4v) is 2.91. The molecule has 0 fully saturated rings. The molecule has 7 nitrogen and oxygen atoms in total. The Hall–Kier alpha value is -2.55. The highest BCUT2D eigenvalue weighted by atomic mass is 35.5. The minimum Gasteiger partial charge on any atom is -0.340 e. The van der Waals surface area contributed by atoms with E-state index in [-0.39, 0.29) is 16.5 Å². The van der Waals surface area contributed by atoms with Crippen LogP contribution in [0.2, 0.25) is 5.02 Å². The molecule has 2 heterocycles. The second-order valence-corrected chi connectivity index (χ2v) is 7.25. The Morgan fingerprint density at radius 1 is 1.39 bits per heavy atom. The lowest BCUT2D eigenvalue weighted by Gasteiger charge is -2.18. The molecular formula is C19H22ClFN6O. The lowest BCUT2D eigenvalue weighted by Crippen LogP contribution is -2.27. The van der Waals surface area contributed by atoms with Crippen molar-refractivity contribution in [3.05, 3.63) is 52.7 Å². The van der Waals surface area contributed by atoms with Gasteiger partial charge in [-0.1, -0.05) is 25.4 Å². The van der Waals surface area contributed by atoms with Crippen LogP contribution in [0.1, 0.15) is 25.2 Å². The summed E-state index contributed by atoms with van der Waals surface area (Å²) in [6.07, 6.45) is 2.21. The summed E-state index contributed by atoms with van der Waals surface area (Å²) < 4.78 is 13.4. The first kappa shape index (κ1) is 20.2. The van der Waals surface area contributed by atoms with Crippen molar-refractivity contribution in [3.8, 4) is 0 Å². The second kappa shape index (κ2) is 8.64. The Balaban J connectivity index is 1.81. The number of halogens is 2. The molecule has 0 amide bonds. The third kappa shape index (κ3) is 4.46. The smallest absolute Gasteiger partial charge is 0.178 e. The number of pyridine rings is 1. The zero-order chi connectivity index (χ0) is 20.3. The van der Waals surface area contributed by atoms with Crippen molar-refractivity contribution >= 4 is 34.3 Å². The number of hydroxylamine groups is 1. The van der Waals surface area contributed by atoms with Crippen molar-refractivity contribution in [2.24, 2.45) is 5.92 Å². The standard InChI is InChI=1S/C19H22ClFN6O/c1-11(2)10-23-7-6-16-25-17-13(5-8-24-19(17)26-16)18(22)27(28)12-3-4-15(21)14(20)9-12/h3-5,8-9,11,22-23,28H,6-7,10H2,1-2H3,(H,24,25,26). The number of hydrogen-bond donors (Lipinski definition) is 4. The van der Waals surface area contributed by atoms with E-state index in [0.717, 1.165) is 25.0 Å². The topological polar surface area (TPSA) is 101 Å². The van der Waals surface area contributed by atoms with Gasteiger partial charge in [0.2, 0.25) is 0 Å². The summed E-state index contributed by atoms with van der Waals surface area (Å²) in [6, 6.07) is 5.34. The van der Waals surface area contributed by atoms with Gasteiger partial charge in [0, 0.05) is 24.7 Å². The third-order valence-electron chi connectivity index (χ3n) is 4.15. The molecule has 0 aliphatic heterocycles. The molecule has 0 radical (unpaired) electrons. The van der Waals surface area contributed by atoms with Gasteiger partial charge in [-0.05, 0) is 36.7 Å². The van der Waals surface area contributed by atoms with Gasteiger partial charge in [0.25, 0.3) is 0 Å². The molecule has 0 aliphatic carbocycles. The highest BCUT2D eigenvalue weighted by molar-refractivity contribution is 6.31. The lowest BCUT2D eigenvalue weighted by molar-refractivity contribution is 0.312. The van der Waals surface area contributed by atoms with Crippen molar-refractivity contribution in [2.45, 2.75) is 20.3 Å². The van der Waals surface area contributed by atoms with Gasteiger partial charge in [0.05, 0.1) is 16.2 Å². The highest BCUT2D eigenvalue weighted by Crippen LogP contribution is 2.24. The third-order valence-corrected chi connectivity index (χ3v) is 4.44. The van der Waals surface area contributed by atoms with Crippen LogP contribution in [0.5, 0.6) is 0 Å². The van der Waals surface area contributed by atoms with Gasteiger partial charge in [0.15, 0.2) is 11.5 Å². The molecule has 0 atom stereocenters. The van der Waals surface area contributed by atoms with Gasteiger partial charge in [-0.25, -0.2) is 19.4 Å². The van der Waals surface area contributed by atoms with Crippen LogP contribution in [0.15, 0.2) is 30.5 Å². The number of amidine groups is 1. The highest BCUT2D eigenvalue weighted by Gasteiger charge is 2.18. The summed E-state index contributed by atoms with van der Waals surface area (Å²) in [7, 11) is 0. The molecule has 0 unspecified atom stereocenters. The summed E-state index contributed by atoms with van der Waals surface area (Å²) in [5.41, 5.74) is 1.62. The van der Waals surface area contributed by atoms with Gasteiger partial charge < -0.3 is 10.3 Å². The number of imidazole rings is 1. The number of nitrogens with one attached hydrogen (secondary N) is 3. The number of hydrogen-bond acceptors (Lipinski definition) is 5. The molecule has 28 heavy (non-hydrogen) atoms. The Bertz CT molecular complexity index is 990. The first-order chi connectivity index (χ1) is 13.4. The van der Waals surface area contributed by atoms with Crippen LogP contribution in [-0.4, -0.2) is 39.1 Å². The molecule has 4 N–H and O–H groups in total. The predicted molar refractivity (Wildman–Crippen MR) is 108 cm³/mol. The molecule has 0 aliphatic rings. The zero-order valence-electron chi connectivity index (χ0n) is 15.6. The van der Waals surface area contributed by atoms with Crippen LogP contribution >= 0.6 is 11.6 Å². The summed E-state index contributed by atoms with van der Waals surface area (Å²) in [5.74, 6) is 0.511. The van der Waals surface area contributed by atoms with E-state index in [1.807, 2.05) is 0 Å². The van der Waals surface area contributed by atoms with Crippen molar-refractivity contribution in [1.82, 2.24) is 20.3 Å². The van der Waals surface area contributed by atoms with E-state index in [2.05, 4.69) is 34.1 Å². The first-order valence-corrected chi connectivity index (χ1v) is 9.32. The molecule has 0 saturated heterocycles. The van der Waals surface area contributed by atoms with Crippen molar-refractivity contribution in [1.29, 1.82) is 5.41 Å². The van der Waals surface area contributed by atoms with Crippen molar-refractivity contribution < 1.29 is 9.60 Å². The number of rotatable bonds is 7. The van der Waals surface area contributed by atoms with Gasteiger partial charge in [0.1, 0.15) is 11.6 Å². The largest absolute Gasteiger partial charge is 0.340 e. The molecule has 0 spiro atoms. The van der Waals surface area contributed by atoms with Crippen LogP contribution in [0.3, 0.4) is 0 Å². The average molecular weight is 405 g/mol. The molecule has 3 aromatic rings. The number of fused-ring (bicyclic) bond motifs is 1. The van der Waals surface area contributed by atoms with E-state index in [9.17, 15) is 9.60 Å². The number of benzene rings is 1. The van der Waals surface area contributed by atoms with Crippen molar-refractivity contribution in [3.63, 3.8) is 0 Å². The quantitative estimate of drug-likeness (QED) is 0.208. The number of aromatic nitrogens is 3. The first-order valence-electron chi connectivity index (χ1n) is 8.94. The lowest BCUT2D eigenvalue weighted by atomic mass is 10.2. The Labute approximate surface area is 167 Å². The van der Waals surface area contributed by atoms with Crippen LogP contribution in [-0.2, 0) is 6.42 Å². The van der Waals surface area contributed by atoms with Crippen LogP contribution < -0.4 is 10.4 Å².